The lowest BCUT2D eigenvalue weighted by Crippen LogP contribution is -2.38. The third kappa shape index (κ3) is 1.70. The van der Waals surface area contributed by atoms with Gasteiger partial charge < -0.3 is 5.11 Å². The largest absolute Gasteiger partial charge is 0.481 e. The van der Waals surface area contributed by atoms with Gasteiger partial charge in [-0.05, 0) is 44.4 Å². The monoisotopic (exact) mass is 208 g/mol. The lowest BCUT2D eigenvalue weighted by molar-refractivity contribution is -0.145. The van der Waals surface area contributed by atoms with Crippen LogP contribution in [0.2, 0.25) is 0 Å². The van der Waals surface area contributed by atoms with Crippen LogP contribution < -0.4 is 0 Å². The maximum Gasteiger partial charge on any atom is 0.311 e. The average molecular weight is 208 g/mol. The zero-order chi connectivity index (χ0) is 10.9. The normalized spacial score (nSPS) is 32.3. The number of allylic oxidation sites excluding steroid dienone is 1. The molecule has 0 radical (unpaired) electrons. The summed E-state index contributed by atoms with van der Waals surface area (Å²) < 4.78 is 0. The summed E-state index contributed by atoms with van der Waals surface area (Å²) >= 11 is 0. The molecule has 0 bridgehead atoms. The van der Waals surface area contributed by atoms with Crippen molar-refractivity contribution in [3.8, 4) is 0 Å². The minimum atomic E-state index is -0.593. The van der Waals surface area contributed by atoms with E-state index < -0.39 is 5.97 Å². The highest BCUT2D eigenvalue weighted by Crippen LogP contribution is 2.54. The molecule has 0 amide bonds. The predicted molar refractivity (Wildman–Crippen MR) is 59.6 cm³/mol. The van der Waals surface area contributed by atoms with Crippen molar-refractivity contribution in [1.82, 2.24) is 0 Å². The van der Waals surface area contributed by atoms with Crippen LogP contribution in [0.1, 0.15) is 51.9 Å². The van der Waals surface area contributed by atoms with Crippen molar-refractivity contribution in [1.29, 1.82) is 0 Å². The van der Waals surface area contributed by atoms with E-state index in [0.29, 0.717) is 0 Å². The first kappa shape index (κ1) is 10.7. The topological polar surface area (TPSA) is 37.3 Å². The number of carboxylic acids is 1. The molecule has 2 fully saturated rings. The number of rotatable bonds is 1. The number of carboxylic acid groups (broad SMARTS) is 1. The molecule has 0 aliphatic heterocycles. The zero-order valence-electron chi connectivity index (χ0n) is 9.46. The quantitative estimate of drug-likeness (QED) is 0.671. The molecule has 15 heavy (non-hydrogen) atoms. The smallest absolute Gasteiger partial charge is 0.311 e. The molecular weight excluding hydrogens is 188 g/mol. The second-order valence-corrected chi connectivity index (χ2v) is 5.06. The Morgan fingerprint density at radius 1 is 1.33 bits per heavy atom. The minimum absolute atomic E-state index is 0.117. The molecule has 0 saturated heterocycles. The highest BCUT2D eigenvalue weighted by Gasteiger charge is 2.48. The van der Waals surface area contributed by atoms with Crippen molar-refractivity contribution in [2.24, 2.45) is 11.3 Å². The molecule has 0 aromatic carbocycles. The Morgan fingerprint density at radius 2 is 1.93 bits per heavy atom. The molecular formula is C13H20O2. The molecule has 1 atom stereocenters. The molecule has 2 nitrogen and oxygen atoms in total. The summed E-state index contributed by atoms with van der Waals surface area (Å²) in [5, 5.41) is 9.42. The van der Waals surface area contributed by atoms with Gasteiger partial charge in [-0.15, -0.1) is 0 Å². The van der Waals surface area contributed by atoms with E-state index in [1.54, 1.807) is 0 Å². The molecule has 84 valence electrons. The van der Waals surface area contributed by atoms with Crippen LogP contribution in [0.4, 0.5) is 0 Å². The lowest BCUT2D eigenvalue weighted by Gasteiger charge is -2.40. The summed E-state index contributed by atoms with van der Waals surface area (Å²) in [5.74, 6) is -0.775. The second-order valence-electron chi connectivity index (χ2n) is 5.06. The molecule has 2 aliphatic carbocycles. The number of hydrogen-bond donors (Lipinski definition) is 1. The van der Waals surface area contributed by atoms with Crippen LogP contribution >= 0.6 is 0 Å². The summed E-state index contributed by atoms with van der Waals surface area (Å²) in [6.07, 6.45) is 10.0. The molecule has 0 aromatic heterocycles. The lowest BCUT2D eigenvalue weighted by atomic mass is 9.63. The van der Waals surface area contributed by atoms with Crippen molar-refractivity contribution in [2.45, 2.75) is 51.9 Å². The summed E-state index contributed by atoms with van der Waals surface area (Å²) in [5.41, 5.74) is 1.29. The van der Waals surface area contributed by atoms with Gasteiger partial charge in [0.2, 0.25) is 0 Å². The van der Waals surface area contributed by atoms with E-state index in [1.165, 1.54) is 24.8 Å². The van der Waals surface area contributed by atoms with Crippen molar-refractivity contribution < 1.29 is 9.90 Å². The molecule has 2 heteroatoms. The standard InChI is InChI=1S/C13H20O2/c1-2-10-6-5-9-13(7-3-4-8-13)11(10)12(14)15/h2,11H,3-9H2,1H3,(H,14,15)/b10-2-. The van der Waals surface area contributed by atoms with E-state index in [2.05, 4.69) is 0 Å². The Labute approximate surface area is 91.4 Å². The SMILES string of the molecule is C/C=C1/CCCC2(CCCC2)C1C(=O)O. The van der Waals surface area contributed by atoms with E-state index >= 15 is 0 Å². The molecule has 1 unspecified atom stereocenters. The average Bonchev–Trinajstić information content (AvgIpc) is 2.66. The van der Waals surface area contributed by atoms with E-state index in [1.807, 2.05) is 13.0 Å². The summed E-state index contributed by atoms with van der Waals surface area (Å²) in [6, 6.07) is 0. The van der Waals surface area contributed by atoms with Gasteiger partial charge in [-0.1, -0.05) is 24.5 Å². The van der Waals surface area contributed by atoms with Gasteiger partial charge in [0.15, 0.2) is 0 Å². The van der Waals surface area contributed by atoms with Crippen LogP contribution in [0, 0.1) is 11.3 Å². The van der Waals surface area contributed by atoms with E-state index in [-0.39, 0.29) is 11.3 Å². The van der Waals surface area contributed by atoms with Gasteiger partial charge in [-0.2, -0.15) is 0 Å². The Hall–Kier alpha value is -0.790. The summed E-state index contributed by atoms with van der Waals surface area (Å²) in [4.78, 5) is 11.4. The molecule has 1 N–H and O–H groups in total. The second kappa shape index (κ2) is 3.99. The molecule has 0 heterocycles. The Balaban J connectivity index is 2.32. The molecule has 2 aliphatic rings. The van der Waals surface area contributed by atoms with Gasteiger partial charge in [-0.3, -0.25) is 4.79 Å². The first-order valence-corrected chi connectivity index (χ1v) is 6.07. The highest BCUT2D eigenvalue weighted by molar-refractivity contribution is 5.75. The first-order chi connectivity index (χ1) is 7.19. The fourth-order valence-electron chi connectivity index (χ4n) is 3.68. The summed E-state index contributed by atoms with van der Waals surface area (Å²) in [7, 11) is 0. The zero-order valence-corrected chi connectivity index (χ0v) is 9.46. The third-order valence-corrected chi connectivity index (χ3v) is 4.34. The Morgan fingerprint density at radius 3 is 2.47 bits per heavy atom. The fraction of sp³-hybridized carbons (Fsp3) is 0.769. The van der Waals surface area contributed by atoms with Gasteiger partial charge in [0.1, 0.15) is 0 Å². The van der Waals surface area contributed by atoms with Crippen molar-refractivity contribution in [2.75, 3.05) is 0 Å². The number of aliphatic carboxylic acids is 1. The Bertz CT molecular complexity index is 285. The molecule has 0 aromatic rings. The van der Waals surface area contributed by atoms with Crippen LogP contribution in [0.25, 0.3) is 0 Å². The first-order valence-electron chi connectivity index (χ1n) is 6.07. The highest BCUT2D eigenvalue weighted by atomic mass is 16.4. The van der Waals surface area contributed by atoms with Gasteiger partial charge in [0.25, 0.3) is 0 Å². The van der Waals surface area contributed by atoms with Crippen LogP contribution in [0.3, 0.4) is 0 Å². The number of carbonyl (C=O) groups is 1. The van der Waals surface area contributed by atoms with Crippen molar-refractivity contribution >= 4 is 5.97 Å². The van der Waals surface area contributed by atoms with Crippen LogP contribution in [0.5, 0.6) is 0 Å². The van der Waals surface area contributed by atoms with Gasteiger partial charge in [-0.25, -0.2) is 0 Å². The summed E-state index contributed by atoms with van der Waals surface area (Å²) in [6.45, 7) is 1.99. The third-order valence-electron chi connectivity index (χ3n) is 4.34. The molecule has 1 spiro atoms. The van der Waals surface area contributed by atoms with E-state index in [4.69, 9.17) is 0 Å². The molecule has 2 rings (SSSR count). The fourth-order valence-corrected chi connectivity index (χ4v) is 3.68. The van der Waals surface area contributed by atoms with Gasteiger partial charge in [0, 0.05) is 0 Å². The minimum Gasteiger partial charge on any atom is -0.481 e. The van der Waals surface area contributed by atoms with E-state index in [0.717, 1.165) is 25.7 Å². The maximum absolute atomic E-state index is 11.4. The van der Waals surface area contributed by atoms with Gasteiger partial charge in [0.05, 0.1) is 5.92 Å². The van der Waals surface area contributed by atoms with Crippen LogP contribution in [-0.2, 0) is 4.79 Å². The van der Waals surface area contributed by atoms with Gasteiger partial charge >= 0.3 is 5.97 Å². The van der Waals surface area contributed by atoms with Crippen molar-refractivity contribution in [3.63, 3.8) is 0 Å². The van der Waals surface area contributed by atoms with Crippen molar-refractivity contribution in [3.05, 3.63) is 11.6 Å². The molecule has 2 saturated carbocycles. The van der Waals surface area contributed by atoms with Crippen LogP contribution in [0.15, 0.2) is 11.6 Å². The Kier molecular flexibility index (Phi) is 2.85. The van der Waals surface area contributed by atoms with Crippen LogP contribution in [-0.4, -0.2) is 11.1 Å². The maximum atomic E-state index is 11.4. The number of hydrogen-bond acceptors (Lipinski definition) is 1. The van der Waals surface area contributed by atoms with E-state index in [9.17, 15) is 9.90 Å². The predicted octanol–water partition coefficient (Wildman–Crippen LogP) is 3.38.